The number of benzene rings is 2. The van der Waals surface area contributed by atoms with Crippen LogP contribution in [0.4, 0.5) is 20.4 Å². The molecule has 3 aromatic rings. The van der Waals surface area contributed by atoms with Gasteiger partial charge in [-0.25, -0.2) is 9.78 Å². The summed E-state index contributed by atoms with van der Waals surface area (Å²) in [6, 6.07) is 11.4. The van der Waals surface area contributed by atoms with Crippen LogP contribution in [0, 0.1) is 11.3 Å². The first kappa shape index (κ1) is 23.0. The Labute approximate surface area is 191 Å². The number of rotatable bonds is 6. The predicted molar refractivity (Wildman–Crippen MR) is 123 cm³/mol. The van der Waals surface area contributed by atoms with Gasteiger partial charge in [-0.2, -0.15) is 8.78 Å². The van der Waals surface area contributed by atoms with Crippen molar-refractivity contribution in [3.8, 4) is 5.75 Å². The van der Waals surface area contributed by atoms with Gasteiger partial charge in [0, 0.05) is 18.7 Å². The standard InChI is InChI=1S/C25H29F2N3O3/c1-15-11-18(14-24(2,3)13-15)30-21-10-5-16(22(31)32)12-20(21)29-23(30)28-17-6-8-19(9-7-17)33-25(4,26)27/h5-10,12,15,18H,11,13-14H2,1-4H3,(H,28,29)(H,31,32)/t15-,18+/m1/s1. The van der Waals surface area contributed by atoms with Crippen LogP contribution in [0.5, 0.6) is 5.75 Å². The van der Waals surface area contributed by atoms with Crippen molar-refractivity contribution >= 4 is 28.6 Å². The summed E-state index contributed by atoms with van der Waals surface area (Å²) in [5.41, 5.74) is 2.47. The lowest BCUT2D eigenvalue weighted by Gasteiger charge is -2.40. The van der Waals surface area contributed by atoms with E-state index < -0.39 is 12.1 Å². The zero-order valence-corrected chi connectivity index (χ0v) is 19.2. The highest BCUT2D eigenvalue weighted by Crippen LogP contribution is 2.46. The molecule has 0 radical (unpaired) electrons. The number of nitrogens with zero attached hydrogens (tertiary/aromatic N) is 2. The Bertz CT molecular complexity index is 1170. The third-order valence-corrected chi connectivity index (χ3v) is 6.07. The monoisotopic (exact) mass is 457 g/mol. The molecule has 2 atom stereocenters. The van der Waals surface area contributed by atoms with E-state index in [9.17, 15) is 18.7 Å². The van der Waals surface area contributed by atoms with Gasteiger partial charge in [-0.15, -0.1) is 0 Å². The highest BCUT2D eigenvalue weighted by atomic mass is 19.3. The summed E-state index contributed by atoms with van der Waals surface area (Å²) in [5, 5.41) is 12.7. The second kappa shape index (κ2) is 8.32. The minimum Gasteiger partial charge on any atom is -0.478 e. The average molecular weight is 458 g/mol. The number of imidazole rings is 1. The molecule has 2 aromatic carbocycles. The number of carbonyl (C=O) groups is 1. The summed E-state index contributed by atoms with van der Waals surface area (Å²) in [5.74, 6) is 0.193. The number of carboxylic acids is 1. The first-order valence-electron chi connectivity index (χ1n) is 11.1. The number of halogens is 2. The van der Waals surface area contributed by atoms with Gasteiger partial charge < -0.3 is 19.7 Å². The normalized spacial score (nSPS) is 20.5. The number of ether oxygens (including phenoxy) is 1. The smallest absolute Gasteiger partial charge is 0.394 e. The molecule has 0 saturated heterocycles. The van der Waals surface area contributed by atoms with Gasteiger partial charge in [0.15, 0.2) is 0 Å². The number of aromatic nitrogens is 2. The predicted octanol–water partition coefficient (Wildman–Crippen LogP) is 6.86. The van der Waals surface area contributed by atoms with Crippen molar-refractivity contribution in [3.05, 3.63) is 48.0 Å². The molecule has 0 aliphatic heterocycles. The fourth-order valence-corrected chi connectivity index (χ4v) is 5.12. The van der Waals surface area contributed by atoms with Crippen molar-refractivity contribution in [1.29, 1.82) is 0 Å². The van der Waals surface area contributed by atoms with Crippen molar-refractivity contribution < 1.29 is 23.4 Å². The zero-order valence-electron chi connectivity index (χ0n) is 19.2. The Kier molecular flexibility index (Phi) is 5.80. The van der Waals surface area contributed by atoms with E-state index in [-0.39, 0.29) is 22.8 Å². The Morgan fingerprint density at radius 3 is 2.52 bits per heavy atom. The van der Waals surface area contributed by atoms with E-state index in [0.29, 0.717) is 30.0 Å². The van der Waals surface area contributed by atoms with Crippen LogP contribution in [0.3, 0.4) is 0 Å². The second-order valence-electron chi connectivity index (χ2n) is 9.94. The lowest BCUT2D eigenvalue weighted by Crippen LogP contribution is -2.29. The molecule has 1 fully saturated rings. The van der Waals surface area contributed by atoms with Crippen LogP contribution in [0.1, 0.15) is 63.4 Å². The van der Waals surface area contributed by atoms with Crippen molar-refractivity contribution in [2.75, 3.05) is 5.32 Å². The Hall–Kier alpha value is -3.16. The van der Waals surface area contributed by atoms with Crippen LogP contribution < -0.4 is 10.1 Å². The zero-order chi connectivity index (χ0) is 24.0. The van der Waals surface area contributed by atoms with Crippen molar-refractivity contribution in [1.82, 2.24) is 9.55 Å². The van der Waals surface area contributed by atoms with Gasteiger partial charge in [0.25, 0.3) is 0 Å². The maximum atomic E-state index is 13.1. The van der Waals surface area contributed by atoms with Gasteiger partial charge in [0.1, 0.15) is 5.75 Å². The van der Waals surface area contributed by atoms with Crippen LogP contribution in [-0.4, -0.2) is 26.7 Å². The van der Waals surface area contributed by atoms with Gasteiger partial charge in [-0.1, -0.05) is 20.8 Å². The molecule has 1 heterocycles. The van der Waals surface area contributed by atoms with Gasteiger partial charge in [0.05, 0.1) is 16.6 Å². The minimum atomic E-state index is -3.25. The average Bonchev–Trinajstić information content (AvgIpc) is 3.03. The molecule has 0 unspecified atom stereocenters. The highest BCUT2D eigenvalue weighted by molar-refractivity contribution is 5.93. The molecule has 4 rings (SSSR count). The maximum absolute atomic E-state index is 13.1. The molecule has 1 aromatic heterocycles. The molecular formula is C25H29F2N3O3. The number of alkyl halides is 2. The summed E-state index contributed by atoms with van der Waals surface area (Å²) >= 11 is 0. The maximum Gasteiger partial charge on any atom is 0.394 e. The number of aromatic carboxylic acids is 1. The van der Waals surface area contributed by atoms with Gasteiger partial charge in [-0.05, 0) is 73.1 Å². The molecule has 176 valence electrons. The number of anilines is 2. The van der Waals surface area contributed by atoms with Crippen molar-refractivity contribution in [3.63, 3.8) is 0 Å². The van der Waals surface area contributed by atoms with E-state index in [2.05, 4.69) is 35.4 Å². The Morgan fingerprint density at radius 2 is 1.91 bits per heavy atom. The number of nitrogens with one attached hydrogen (secondary N) is 1. The SMILES string of the molecule is C[C@@H]1C[C@H](n2c(Nc3ccc(OC(C)(F)F)cc3)nc3cc(C(=O)O)ccc32)CC(C)(C)C1. The van der Waals surface area contributed by atoms with Crippen LogP contribution in [0.2, 0.25) is 0 Å². The van der Waals surface area contributed by atoms with E-state index in [0.717, 1.165) is 24.8 Å². The number of hydrogen-bond donors (Lipinski definition) is 2. The fourth-order valence-electron chi connectivity index (χ4n) is 5.12. The molecule has 33 heavy (non-hydrogen) atoms. The van der Waals surface area contributed by atoms with Crippen molar-refractivity contribution in [2.45, 2.75) is 59.1 Å². The van der Waals surface area contributed by atoms with Crippen molar-refractivity contribution in [2.24, 2.45) is 11.3 Å². The molecule has 0 bridgehead atoms. The third kappa shape index (κ3) is 5.26. The molecule has 1 saturated carbocycles. The van der Waals surface area contributed by atoms with Gasteiger partial charge in [-0.3, -0.25) is 0 Å². The van der Waals surface area contributed by atoms with Crippen LogP contribution in [0.15, 0.2) is 42.5 Å². The van der Waals surface area contributed by atoms with E-state index in [1.807, 2.05) is 6.07 Å². The minimum absolute atomic E-state index is 0.0653. The summed E-state index contributed by atoms with van der Waals surface area (Å²) in [4.78, 5) is 16.2. The van der Waals surface area contributed by atoms with E-state index in [1.165, 1.54) is 12.1 Å². The second-order valence-corrected chi connectivity index (χ2v) is 9.94. The summed E-state index contributed by atoms with van der Waals surface area (Å²) < 4.78 is 33.0. The Morgan fingerprint density at radius 1 is 1.21 bits per heavy atom. The van der Waals surface area contributed by atoms with Crippen LogP contribution in [-0.2, 0) is 0 Å². The quantitative estimate of drug-likeness (QED) is 0.423. The number of carboxylic acid groups (broad SMARTS) is 1. The fraction of sp³-hybridized carbons (Fsp3) is 0.440. The summed E-state index contributed by atoms with van der Waals surface area (Å²) in [6.45, 7) is 7.49. The van der Waals surface area contributed by atoms with Crippen LogP contribution >= 0.6 is 0 Å². The molecule has 1 aliphatic carbocycles. The third-order valence-electron chi connectivity index (χ3n) is 6.07. The van der Waals surface area contributed by atoms with Crippen LogP contribution in [0.25, 0.3) is 11.0 Å². The lowest BCUT2D eigenvalue weighted by molar-refractivity contribution is -0.158. The number of hydrogen-bond acceptors (Lipinski definition) is 4. The largest absolute Gasteiger partial charge is 0.478 e. The summed E-state index contributed by atoms with van der Waals surface area (Å²) in [6.07, 6.45) is -0.153. The topological polar surface area (TPSA) is 76.4 Å². The molecule has 0 amide bonds. The van der Waals surface area contributed by atoms with E-state index >= 15 is 0 Å². The van der Waals surface area contributed by atoms with E-state index in [1.54, 1.807) is 24.3 Å². The van der Waals surface area contributed by atoms with E-state index in [4.69, 9.17) is 4.98 Å². The molecule has 1 aliphatic rings. The molecule has 8 heteroatoms. The van der Waals surface area contributed by atoms with Gasteiger partial charge in [0.2, 0.25) is 5.95 Å². The first-order chi connectivity index (χ1) is 15.4. The Balaban J connectivity index is 1.73. The molecule has 2 N–H and O–H groups in total. The van der Waals surface area contributed by atoms with Gasteiger partial charge >= 0.3 is 12.1 Å². The number of fused-ring (bicyclic) bond motifs is 1. The molecule has 0 spiro atoms. The summed E-state index contributed by atoms with van der Waals surface area (Å²) in [7, 11) is 0. The lowest BCUT2D eigenvalue weighted by atomic mass is 9.70. The molecular weight excluding hydrogens is 428 g/mol. The highest BCUT2D eigenvalue weighted by Gasteiger charge is 2.34. The molecule has 6 nitrogen and oxygen atoms in total. The first-order valence-corrected chi connectivity index (χ1v) is 11.1.